The lowest BCUT2D eigenvalue weighted by atomic mass is 9.81. The van der Waals surface area contributed by atoms with E-state index >= 15 is 0 Å². The number of hydrogen-bond acceptors (Lipinski definition) is 5. The molecule has 1 aromatic rings. The number of ether oxygens (including phenoxy) is 2. The number of benzene rings is 1. The molecule has 2 fully saturated rings. The number of hydrogen-bond donors (Lipinski definition) is 1. The third-order valence-corrected chi connectivity index (χ3v) is 5.80. The van der Waals surface area contributed by atoms with Gasteiger partial charge in [-0.15, -0.1) is 0 Å². The molecule has 1 aliphatic carbocycles. The molecule has 3 rings (SSSR count). The van der Waals surface area contributed by atoms with Gasteiger partial charge in [0.15, 0.2) is 11.5 Å². The Kier molecular flexibility index (Phi) is 6.30. The molecular formula is C21H29N3O5. The number of carbonyl (C=O) groups is 3. The third kappa shape index (κ3) is 4.02. The zero-order chi connectivity index (χ0) is 21.0. The molecule has 1 saturated carbocycles. The Morgan fingerprint density at radius 1 is 1.17 bits per heavy atom. The summed E-state index contributed by atoms with van der Waals surface area (Å²) in [6, 6.07) is 5.03. The van der Waals surface area contributed by atoms with Gasteiger partial charge in [0.2, 0.25) is 5.91 Å². The number of amides is 4. The van der Waals surface area contributed by atoms with Crippen LogP contribution in [-0.2, 0) is 16.1 Å². The van der Waals surface area contributed by atoms with E-state index in [4.69, 9.17) is 9.47 Å². The van der Waals surface area contributed by atoms with Crippen molar-refractivity contribution in [1.82, 2.24) is 15.1 Å². The number of nitrogens with zero attached hydrogens (tertiary/aromatic N) is 2. The minimum Gasteiger partial charge on any atom is -0.493 e. The number of urea groups is 1. The number of rotatable bonds is 7. The quantitative estimate of drug-likeness (QED) is 0.706. The first-order chi connectivity index (χ1) is 13.9. The second kappa shape index (κ2) is 8.71. The largest absolute Gasteiger partial charge is 0.493 e. The molecule has 1 saturated heterocycles. The lowest BCUT2D eigenvalue weighted by Gasteiger charge is -2.35. The highest BCUT2D eigenvalue weighted by Crippen LogP contribution is 2.39. The number of likely N-dealkylation sites (N-methyl/N-ethyl adjacent to an activating group) is 1. The van der Waals surface area contributed by atoms with E-state index in [0.717, 1.165) is 29.7 Å². The van der Waals surface area contributed by atoms with Gasteiger partial charge in [0.05, 0.1) is 13.7 Å². The summed E-state index contributed by atoms with van der Waals surface area (Å²) >= 11 is 0. The van der Waals surface area contributed by atoms with Crippen LogP contribution in [0.4, 0.5) is 4.79 Å². The van der Waals surface area contributed by atoms with Crippen LogP contribution in [-0.4, -0.2) is 60.5 Å². The predicted octanol–water partition coefficient (Wildman–Crippen LogP) is 2.31. The van der Waals surface area contributed by atoms with Gasteiger partial charge in [0, 0.05) is 13.6 Å². The van der Waals surface area contributed by atoms with Gasteiger partial charge in [-0.05, 0) is 37.5 Å². The van der Waals surface area contributed by atoms with E-state index in [0.29, 0.717) is 30.9 Å². The van der Waals surface area contributed by atoms with E-state index < -0.39 is 11.6 Å². The van der Waals surface area contributed by atoms with Gasteiger partial charge in [-0.1, -0.05) is 25.3 Å². The second-order valence-electron chi connectivity index (χ2n) is 7.52. The Morgan fingerprint density at radius 2 is 1.90 bits per heavy atom. The van der Waals surface area contributed by atoms with Crippen LogP contribution in [0, 0.1) is 0 Å². The van der Waals surface area contributed by atoms with Crippen LogP contribution < -0.4 is 14.8 Å². The van der Waals surface area contributed by atoms with Crippen molar-refractivity contribution < 1.29 is 23.9 Å². The normalized spacial score (nSPS) is 18.3. The van der Waals surface area contributed by atoms with Crippen molar-refractivity contribution in [2.75, 3.05) is 27.3 Å². The van der Waals surface area contributed by atoms with Crippen LogP contribution >= 0.6 is 0 Å². The van der Waals surface area contributed by atoms with Crippen molar-refractivity contribution in [2.45, 2.75) is 51.1 Å². The average Bonchev–Trinajstić information content (AvgIpc) is 2.90. The first-order valence-corrected chi connectivity index (χ1v) is 10.1. The average molecular weight is 403 g/mol. The number of nitrogens with one attached hydrogen (secondary N) is 1. The summed E-state index contributed by atoms with van der Waals surface area (Å²) in [6.45, 7) is 2.42. The van der Waals surface area contributed by atoms with Crippen molar-refractivity contribution in [3.05, 3.63) is 23.8 Å². The van der Waals surface area contributed by atoms with Crippen LogP contribution in [0.25, 0.3) is 0 Å². The van der Waals surface area contributed by atoms with Crippen molar-refractivity contribution in [2.24, 2.45) is 0 Å². The second-order valence-corrected chi connectivity index (χ2v) is 7.52. The molecule has 1 heterocycles. The van der Waals surface area contributed by atoms with Crippen molar-refractivity contribution in [1.29, 1.82) is 0 Å². The minimum absolute atomic E-state index is 0.248. The van der Waals surface area contributed by atoms with Gasteiger partial charge in [-0.3, -0.25) is 14.5 Å². The zero-order valence-electron chi connectivity index (χ0n) is 17.3. The van der Waals surface area contributed by atoms with Crippen LogP contribution in [0.15, 0.2) is 18.2 Å². The molecule has 0 unspecified atom stereocenters. The molecule has 8 heteroatoms. The Balaban J connectivity index is 1.61. The van der Waals surface area contributed by atoms with E-state index in [1.165, 1.54) is 4.90 Å². The molecule has 4 amide bonds. The molecule has 29 heavy (non-hydrogen) atoms. The van der Waals surface area contributed by atoms with Crippen LogP contribution in [0.2, 0.25) is 0 Å². The smallest absolute Gasteiger partial charge is 0.327 e. The molecule has 1 aromatic carbocycles. The Morgan fingerprint density at radius 3 is 2.55 bits per heavy atom. The van der Waals surface area contributed by atoms with Crippen molar-refractivity contribution in [3.63, 3.8) is 0 Å². The summed E-state index contributed by atoms with van der Waals surface area (Å²) in [4.78, 5) is 40.6. The third-order valence-electron chi connectivity index (χ3n) is 5.80. The number of imide groups is 1. The topological polar surface area (TPSA) is 88.2 Å². The standard InChI is InChI=1S/C21H29N3O5/c1-4-29-16-9-8-15(12-17(16)28-3)13-22-18(25)14-24-19(26)21(23(2)20(24)27)10-6-5-7-11-21/h8-9,12H,4-7,10-11,13-14H2,1-3H3,(H,22,25). The summed E-state index contributed by atoms with van der Waals surface area (Å²) in [5.74, 6) is 0.604. The first kappa shape index (κ1) is 21.0. The predicted molar refractivity (Wildman–Crippen MR) is 107 cm³/mol. The molecular weight excluding hydrogens is 374 g/mol. The molecule has 2 aliphatic rings. The minimum atomic E-state index is -0.766. The lowest BCUT2D eigenvalue weighted by Crippen LogP contribution is -2.49. The number of carbonyl (C=O) groups excluding carboxylic acids is 3. The molecule has 0 bridgehead atoms. The van der Waals surface area contributed by atoms with Gasteiger partial charge in [-0.2, -0.15) is 0 Å². The van der Waals surface area contributed by atoms with Crippen molar-refractivity contribution in [3.8, 4) is 11.5 Å². The Bertz CT molecular complexity index is 789. The highest BCUT2D eigenvalue weighted by atomic mass is 16.5. The van der Waals surface area contributed by atoms with Crippen molar-refractivity contribution >= 4 is 17.8 Å². The SMILES string of the molecule is CCOc1ccc(CNC(=O)CN2C(=O)N(C)C3(CCCCC3)C2=O)cc1OC. The lowest BCUT2D eigenvalue weighted by molar-refractivity contribution is -0.137. The van der Waals surface area contributed by atoms with Crippen LogP contribution in [0.3, 0.4) is 0 Å². The molecule has 8 nitrogen and oxygen atoms in total. The monoisotopic (exact) mass is 403 g/mol. The van der Waals surface area contributed by atoms with E-state index in [-0.39, 0.29) is 24.9 Å². The Hall–Kier alpha value is -2.77. The van der Waals surface area contributed by atoms with E-state index in [9.17, 15) is 14.4 Å². The maximum Gasteiger partial charge on any atom is 0.327 e. The fraction of sp³-hybridized carbons (Fsp3) is 0.571. The summed E-state index contributed by atoms with van der Waals surface area (Å²) < 4.78 is 10.8. The fourth-order valence-corrected chi connectivity index (χ4v) is 4.17. The molecule has 0 atom stereocenters. The van der Waals surface area contributed by atoms with Gasteiger partial charge < -0.3 is 19.7 Å². The van der Waals surface area contributed by atoms with Crippen LogP contribution in [0.5, 0.6) is 11.5 Å². The van der Waals surface area contributed by atoms with Gasteiger partial charge in [-0.25, -0.2) is 4.79 Å². The summed E-state index contributed by atoms with van der Waals surface area (Å²) in [7, 11) is 3.22. The molecule has 1 N–H and O–H groups in total. The number of methoxy groups -OCH3 is 1. The first-order valence-electron chi connectivity index (χ1n) is 10.1. The Labute approximate surface area is 171 Å². The zero-order valence-corrected chi connectivity index (χ0v) is 17.3. The van der Waals surface area contributed by atoms with Crippen LogP contribution in [0.1, 0.15) is 44.6 Å². The molecule has 0 aromatic heterocycles. The fourth-order valence-electron chi connectivity index (χ4n) is 4.17. The summed E-state index contributed by atoms with van der Waals surface area (Å²) in [5.41, 5.74) is 0.0662. The van der Waals surface area contributed by atoms with E-state index in [1.807, 2.05) is 13.0 Å². The highest BCUT2D eigenvalue weighted by molar-refractivity contribution is 6.08. The summed E-state index contributed by atoms with van der Waals surface area (Å²) in [6.07, 6.45) is 4.24. The molecule has 1 spiro atoms. The van der Waals surface area contributed by atoms with Gasteiger partial charge >= 0.3 is 6.03 Å². The van der Waals surface area contributed by atoms with E-state index in [1.54, 1.807) is 26.3 Å². The molecule has 1 aliphatic heterocycles. The molecule has 158 valence electrons. The van der Waals surface area contributed by atoms with Gasteiger partial charge in [0.25, 0.3) is 5.91 Å². The van der Waals surface area contributed by atoms with E-state index in [2.05, 4.69) is 5.32 Å². The maximum absolute atomic E-state index is 12.9. The van der Waals surface area contributed by atoms with Gasteiger partial charge in [0.1, 0.15) is 12.1 Å². The molecule has 0 radical (unpaired) electrons. The maximum atomic E-state index is 12.9. The highest BCUT2D eigenvalue weighted by Gasteiger charge is 2.55. The summed E-state index contributed by atoms with van der Waals surface area (Å²) in [5, 5.41) is 2.78.